The van der Waals surface area contributed by atoms with Gasteiger partial charge in [0.15, 0.2) is 0 Å². The van der Waals surface area contributed by atoms with Crippen LogP contribution in [0.3, 0.4) is 0 Å². The standard InChI is InChI=1S/C12H21NO/c1-9-7-8-14-12(9)11(13-2)10-5-3-4-6-10/h5,9,11-13H,3-4,6-8H2,1-2H3. The lowest BCUT2D eigenvalue weighted by Gasteiger charge is -2.27. The van der Waals surface area contributed by atoms with E-state index in [-0.39, 0.29) is 0 Å². The second-order valence-corrected chi connectivity index (χ2v) is 4.54. The predicted octanol–water partition coefficient (Wildman–Crippen LogP) is 2.11. The molecule has 0 aromatic heterocycles. The lowest BCUT2D eigenvalue weighted by molar-refractivity contribution is 0.0727. The summed E-state index contributed by atoms with van der Waals surface area (Å²) < 4.78 is 5.83. The quantitative estimate of drug-likeness (QED) is 0.696. The number of hydrogen-bond donors (Lipinski definition) is 1. The number of likely N-dealkylation sites (N-methyl/N-ethyl adjacent to an activating group) is 1. The number of nitrogens with one attached hydrogen (secondary N) is 1. The molecule has 1 aliphatic heterocycles. The van der Waals surface area contributed by atoms with E-state index in [4.69, 9.17) is 4.74 Å². The molecule has 80 valence electrons. The van der Waals surface area contributed by atoms with Crippen molar-refractivity contribution in [3.05, 3.63) is 11.6 Å². The van der Waals surface area contributed by atoms with Crippen LogP contribution in [0.2, 0.25) is 0 Å². The van der Waals surface area contributed by atoms with Gasteiger partial charge in [-0.25, -0.2) is 0 Å². The van der Waals surface area contributed by atoms with Gasteiger partial charge >= 0.3 is 0 Å². The van der Waals surface area contributed by atoms with Crippen LogP contribution in [-0.4, -0.2) is 25.8 Å². The van der Waals surface area contributed by atoms with E-state index in [0.717, 1.165) is 6.61 Å². The van der Waals surface area contributed by atoms with Crippen molar-refractivity contribution >= 4 is 0 Å². The molecule has 2 heteroatoms. The molecule has 2 aliphatic rings. The molecule has 0 amide bonds. The van der Waals surface area contributed by atoms with Crippen LogP contribution in [-0.2, 0) is 4.74 Å². The SMILES string of the molecule is CNC(C1=CCCC1)C1OCCC1C. The topological polar surface area (TPSA) is 21.3 Å². The van der Waals surface area contributed by atoms with Crippen LogP contribution in [0.25, 0.3) is 0 Å². The number of rotatable bonds is 3. The van der Waals surface area contributed by atoms with Gasteiger partial charge in [-0.15, -0.1) is 0 Å². The summed E-state index contributed by atoms with van der Waals surface area (Å²) in [7, 11) is 2.05. The lowest BCUT2D eigenvalue weighted by Crippen LogP contribution is -2.41. The maximum atomic E-state index is 5.83. The molecule has 2 rings (SSSR count). The summed E-state index contributed by atoms with van der Waals surface area (Å²) in [5, 5.41) is 3.42. The molecule has 0 saturated carbocycles. The molecule has 14 heavy (non-hydrogen) atoms. The monoisotopic (exact) mass is 195 g/mol. The van der Waals surface area contributed by atoms with Crippen molar-refractivity contribution in [1.29, 1.82) is 0 Å². The maximum Gasteiger partial charge on any atom is 0.0792 e. The van der Waals surface area contributed by atoms with Gasteiger partial charge < -0.3 is 10.1 Å². The molecule has 1 N–H and O–H groups in total. The van der Waals surface area contributed by atoms with Crippen LogP contribution in [0.1, 0.15) is 32.6 Å². The Morgan fingerprint density at radius 3 is 2.93 bits per heavy atom. The molecule has 1 fully saturated rings. The van der Waals surface area contributed by atoms with E-state index in [1.54, 1.807) is 5.57 Å². The Labute approximate surface area is 86.7 Å². The Bertz CT molecular complexity index is 224. The van der Waals surface area contributed by atoms with Crippen molar-refractivity contribution in [2.45, 2.75) is 44.8 Å². The molecule has 1 heterocycles. The van der Waals surface area contributed by atoms with Crippen LogP contribution >= 0.6 is 0 Å². The summed E-state index contributed by atoms with van der Waals surface area (Å²) in [5.41, 5.74) is 1.58. The molecule has 0 bridgehead atoms. The highest BCUT2D eigenvalue weighted by atomic mass is 16.5. The normalized spacial score (nSPS) is 34.6. The van der Waals surface area contributed by atoms with Gasteiger partial charge in [-0.3, -0.25) is 0 Å². The molecular formula is C12H21NO. The lowest BCUT2D eigenvalue weighted by atomic mass is 9.92. The van der Waals surface area contributed by atoms with Gasteiger partial charge in [0.1, 0.15) is 0 Å². The van der Waals surface area contributed by atoms with Gasteiger partial charge in [-0.1, -0.05) is 18.6 Å². The highest BCUT2D eigenvalue weighted by Gasteiger charge is 2.33. The minimum absolute atomic E-state index is 0.407. The second-order valence-electron chi connectivity index (χ2n) is 4.54. The highest BCUT2D eigenvalue weighted by Crippen LogP contribution is 2.30. The third-order valence-corrected chi connectivity index (χ3v) is 3.56. The van der Waals surface area contributed by atoms with E-state index in [9.17, 15) is 0 Å². The molecule has 1 saturated heterocycles. The third kappa shape index (κ3) is 1.86. The Morgan fingerprint density at radius 1 is 1.57 bits per heavy atom. The number of ether oxygens (including phenoxy) is 1. The van der Waals surface area contributed by atoms with E-state index in [0.29, 0.717) is 18.1 Å². The fraction of sp³-hybridized carbons (Fsp3) is 0.833. The summed E-state index contributed by atoms with van der Waals surface area (Å²) in [6, 6.07) is 0.468. The van der Waals surface area contributed by atoms with E-state index >= 15 is 0 Å². The number of allylic oxidation sites excluding steroid dienone is 1. The first kappa shape index (κ1) is 10.2. The second kappa shape index (κ2) is 4.45. The molecule has 0 aromatic carbocycles. The minimum Gasteiger partial charge on any atom is -0.376 e. The average Bonchev–Trinajstić information content (AvgIpc) is 2.80. The smallest absolute Gasteiger partial charge is 0.0792 e. The third-order valence-electron chi connectivity index (χ3n) is 3.56. The van der Waals surface area contributed by atoms with Gasteiger partial charge in [0.25, 0.3) is 0 Å². The van der Waals surface area contributed by atoms with Crippen molar-refractivity contribution in [1.82, 2.24) is 5.32 Å². The van der Waals surface area contributed by atoms with E-state index in [1.807, 2.05) is 0 Å². The van der Waals surface area contributed by atoms with E-state index < -0.39 is 0 Å². The molecule has 1 aliphatic carbocycles. The summed E-state index contributed by atoms with van der Waals surface area (Å²) >= 11 is 0. The fourth-order valence-corrected chi connectivity index (χ4v) is 2.68. The highest BCUT2D eigenvalue weighted by molar-refractivity contribution is 5.18. The van der Waals surface area contributed by atoms with Crippen LogP contribution in [0.15, 0.2) is 11.6 Å². The van der Waals surface area contributed by atoms with Gasteiger partial charge in [-0.05, 0) is 38.6 Å². The van der Waals surface area contributed by atoms with Crippen molar-refractivity contribution in [2.24, 2.45) is 5.92 Å². The maximum absolute atomic E-state index is 5.83. The van der Waals surface area contributed by atoms with E-state index in [1.165, 1.54) is 25.7 Å². The fourth-order valence-electron chi connectivity index (χ4n) is 2.68. The Morgan fingerprint density at radius 2 is 2.43 bits per heavy atom. The summed E-state index contributed by atoms with van der Waals surface area (Å²) in [6.07, 6.45) is 7.87. The zero-order valence-corrected chi connectivity index (χ0v) is 9.25. The minimum atomic E-state index is 0.407. The van der Waals surface area contributed by atoms with Gasteiger partial charge in [0, 0.05) is 6.61 Å². The van der Waals surface area contributed by atoms with Crippen molar-refractivity contribution in [2.75, 3.05) is 13.7 Å². The van der Waals surface area contributed by atoms with Crippen LogP contribution in [0.4, 0.5) is 0 Å². The first-order chi connectivity index (χ1) is 6.83. The van der Waals surface area contributed by atoms with Gasteiger partial charge in [0.2, 0.25) is 0 Å². The summed E-state index contributed by atoms with van der Waals surface area (Å²) in [6.45, 7) is 3.24. The predicted molar refractivity (Wildman–Crippen MR) is 58.3 cm³/mol. The molecule has 3 atom stereocenters. The zero-order chi connectivity index (χ0) is 9.97. The zero-order valence-electron chi connectivity index (χ0n) is 9.25. The summed E-state index contributed by atoms with van der Waals surface area (Å²) in [5.74, 6) is 0.703. The van der Waals surface area contributed by atoms with Gasteiger partial charge in [0.05, 0.1) is 12.1 Å². The Kier molecular flexibility index (Phi) is 3.24. The Balaban J connectivity index is 2.04. The molecule has 0 aromatic rings. The van der Waals surface area contributed by atoms with Crippen LogP contribution in [0.5, 0.6) is 0 Å². The van der Waals surface area contributed by atoms with Crippen LogP contribution < -0.4 is 5.32 Å². The first-order valence-electron chi connectivity index (χ1n) is 5.80. The van der Waals surface area contributed by atoms with E-state index in [2.05, 4.69) is 25.4 Å². The van der Waals surface area contributed by atoms with Crippen molar-refractivity contribution < 1.29 is 4.74 Å². The Hall–Kier alpha value is -0.340. The molecule has 0 radical (unpaired) electrons. The van der Waals surface area contributed by atoms with Gasteiger partial charge in [-0.2, -0.15) is 0 Å². The van der Waals surface area contributed by atoms with Crippen molar-refractivity contribution in [3.63, 3.8) is 0 Å². The molecule has 2 nitrogen and oxygen atoms in total. The first-order valence-corrected chi connectivity index (χ1v) is 5.80. The number of hydrogen-bond acceptors (Lipinski definition) is 2. The largest absolute Gasteiger partial charge is 0.376 e. The summed E-state index contributed by atoms with van der Waals surface area (Å²) in [4.78, 5) is 0. The molecule has 0 spiro atoms. The molecular weight excluding hydrogens is 174 g/mol. The average molecular weight is 195 g/mol. The van der Waals surface area contributed by atoms with Crippen LogP contribution in [0, 0.1) is 5.92 Å². The molecule has 3 unspecified atom stereocenters. The van der Waals surface area contributed by atoms with Crippen molar-refractivity contribution in [3.8, 4) is 0 Å².